The van der Waals surface area contributed by atoms with E-state index in [2.05, 4.69) is 21.6 Å². The van der Waals surface area contributed by atoms with Crippen molar-refractivity contribution in [2.75, 3.05) is 0 Å². The molecule has 4 heteroatoms. The van der Waals surface area contributed by atoms with Crippen molar-refractivity contribution in [3.8, 4) is 0 Å². The third-order valence-electron chi connectivity index (χ3n) is 1.65. The third-order valence-corrected chi connectivity index (χ3v) is 2.43. The molecular weight excluding hydrogens is 219 g/mol. The van der Waals surface area contributed by atoms with Crippen LogP contribution in [0.1, 0.15) is 20.7 Å². The van der Waals surface area contributed by atoms with Crippen molar-refractivity contribution in [1.29, 1.82) is 0 Å². The molecule has 12 heavy (non-hydrogen) atoms. The van der Waals surface area contributed by atoms with Crippen LogP contribution in [0.3, 0.4) is 0 Å². The number of hydrogen-bond donors (Lipinski definition) is 0. The molecule has 3 nitrogen and oxygen atoms in total. The van der Waals surface area contributed by atoms with Gasteiger partial charge in [-0.05, 0) is 0 Å². The van der Waals surface area contributed by atoms with Gasteiger partial charge in [0.25, 0.3) is 0 Å². The van der Waals surface area contributed by atoms with Gasteiger partial charge in [-0.2, -0.15) is 0 Å². The molecule has 0 fully saturated rings. The van der Waals surface area contributed by atoms with Gasteiger partial charge in [0, 0.05) is 0 Å². The Morgan fingerprint density at radius 1 is 1.17 bits per heavy atom. The van der Waals surface area contributed by atoms with Crippen LogP contribution in [0.25, 0.3) is 0 Å². The SMILES string of the molecule is O=C1OC(=O)c2c([As])cccc21. The zero-order valence-corrected chi connectivity index (χ0v) is 7.78. The molecular formula is C8H3AsO3. The van der Waals surface area contributed by atoms with E-state index >= 15 is 0 Å². The van der Waals surface area contributed by atoms with Gasteiger partial charge in [-0.25, -0.2) is 0 Å². The fourth-order valence-corrected chi connectivity index (χ4v) is 1.74. The average Bonchev–Trinajstić information content (AvgIpc) is 2.29. The molecule has 1 aromatic carbocycles. The van der Waals surface area contributed by atoms with Crippen molar-refractivity contribution in [3.05, 3.63) is 29.3 Å². The van der Waals surface area contributed by atoms with E-state index < -0.39 is 11.9 Å². The Labute approximate surface area is 77.2 Å². The van der Waals surface area contributed by atoms with E-state index in [0.717, 1.165) is 4.35 Å². The number of carbonyl (C=O) groups is 2. The van der Waals surface area contributed by atoms with Gasteiger partial charge < -0.3 is 0 Å². The molecule has 0 N–H and O–H groups in total. The second-order valence-electron chi connectivity index (χ2n) is 2.38. The molecule has 0 atom stereocenters. The van der Waals surface area contributed by atoms with E-state index in [1.165, 1.54) is 0 Å². The molecule has 1 aliphatic rings. The second-order valence-corrected chi connectivity index (χ2v) is 3.39. The van der Waals surface area contributed by atoms with Crippen LogP contribution in [-0.4, -0.2) is 28.8 Å². The fraction of sp³-hybridized carbons (Fsp3) is 0. The summed E-state index contributed by atoms with van der Waals surface area (Å²) in [7, 11) is 0. The predicted molar refractivity (Wildman–Crippen MR) is 41.6 cm³/mol. The first-order valence-electron chi connectivity index (χ1n) is 3.28. The molecule has 0 aliphatic carbocycles. The Kier molecular flexibility index (Phi) is 1.55. The number of hydrogen-bond acceptors (Lipinski definition) is 3. The molecule has 1 heterocycles. The summed E-state index contributed by atoms with van der Waals surface area (Å²) in [5, 5.41) is 0. The van der Waals surface area contributed by atoms with E-state index in [1.807, 2.05) is 0 Å². The molecule has 0 amide bonds. The number of cyclic esters (lactones) is 2. The van der Waals surface area contributed by atoms with Crippen LogP contribution in [-0.2, 0) is 4.74 Å². The van der Waals surface area contributed by atoms with Crippen molar-refractivity contribution in [2.45, 2.75) is 0 Å². The summed E-state index contributed by atoms with van der Waals surface area (Å²) in [4.78, 5) is 22.0. The van der Waals surface area contributed by atoms with Crippen molar-refractivity contribution in [3.63, 3.8) is 0 Å². The molecule has 0 aromatic heterocycles. The van der Waals surface area contributed by atoms with Gasteiger partial charge >= 0.3 is 76.8 Å². The van der Waals surface area contributed by atoms with E-state index in [1.54, 1.807) is 18.2 Å². The third kappa shape index (κ3) is 0.901. The summed E-state index contributed by atoms with van der Waals surface area (Å²) in [6, 6.07) is 5.05. The topological polar surface area (TPSA) is 43.4 Å². The fourth-order valence-electron chi connectivity index (χ4n) is 1.11. The van der Waals surface area contributed by atoms with Crippen molar-refractivity contribution in [1.82, 2.24) is 0 Å². The number of rotatable bonds is 0. The summed E-state index contributed by atoms with van der Waals surface area (Å²) in [5.74, 6) is -1.10. The summed E-state index contributed by atoms with van der Waals surface area (Å²) >= 11 is 2.24. The average molecular weight is 222 g/mol. The van der Waals surface area contributed by atoms with Crippen molar-refractivity contribution < 1.29 is 14.3 Å². The summed E-state index contributed by atoms with van der Waals surface area (Å²) in [6.45, 7) is 0. The molecule has 2 rings (SSSR count). The van der Waals surface area contributed by atoms with Crippen LogP contribution in [0.2, 0.25) is 0 Å². The summed E-state index contributed by atoms with van der Waals surface area (Å²) < 4.78 is 5.14. The van der Waals surface area contributed by atoms with Crippen LogP contribution < -0.4 is 4.35 Å². The van der Waals surface area contributed by atoms with Gasteiger partial charge in [0.1, 0.15) is 0 Å². The van der Waals surface area contributed by atoms with Crippen LogP contribution in [0.15, 0.2) is 18.2 Å². The molecule has 0 bridgehead atoms. The Morgan fingerprint density at radius 2 is 1.92 bits per heavy atom. The minimum absolute atomic E-state index is 0.359. The molecule has 0 unspecified atom stereocenters. The zero-order chi connectivity index (χ0) is 8.72. The summed E-state index contributed by atoms with van der Waals surface area (Å²) in [6.07, 6.45) is 0. The molecule has 0 saturated carbocycles. The number of fused-ring (bicyclic) bond motifs is 1. The second kappa shape index (κ2) is 2.46. The van der Waals surface area contributed by atoms with E-state index in [-0.39, 0.29) is 0 Å². The van der Waals surface area contributed by atoms with E-state index in [9.17, 15) is 9.59 Å². The van der Waals surface area contributed by atoms with Gasteiger partial charge in [0.05, 0.1) is 0 Å². The number of benzene rings is 1. The molecule has 0 saturated heterocycles. The Balaban J connectivity index is 2.75. The van der Waals surface area contributed by atoms with Crippen LogP contribution in [0.4, 0.5) is 0 Å². The Morgan fingerprint density at radius 3 is 2.58 bits per heavy atom. The van der Waals surface area contributed by atoms with Gasteiger partial charge in [0.2, 0.25) is 0 Å². The molecule has 2 radical (unpaired) electrons. The quantitative estimate of drug-likeness (QED) is 0.346. The maximum atomic E-state index is 11.0. The van der Waals surface area contributed by atoms with Crippen LogP contribution in [0, 0.1) is 0 Å². The van der Waals surface area contributed by atoms with E-state index in [0.29, 0.717) is 11.1 Å². The normalized spacial score (nSPS) is 14.4. The molecule has 0 spiro atoms. The van der Waals surface area contributed by atoms with Gasteiger partial charge in [-0.15, -0.1) is 0 Å². The molecule has 1 aromatic rings. The Hall–Kier alpha value is -1.08. The first-order valence-corrected chi connectivity index (χ1v) is 4.22. The molecule has 58 valence electrons. The predicted octanol–water partition coefficient (Wildman–Crippen LogP) is -0.209. The van der Waals surface area contributed by atoms with Gasteiger partial charge in [-0.3, -0.25) is 0 Å². The number of carbonyl (C=O) groups excluding carboxylic acids is 2. The number of ether oxygens (including phenoxy) is 1. The standard InChI is InChI=1S/C8H3AsO3/c9-5-3-1-2-4-6(5)8(11)12-7(4)10/h1-3H. The van der Waals surface area contributed by atoms with Gasteiger partial charge in [-0.1, -0.05) is 0 Å². The summed E-state index contributed by atoms with van der Waals surface area (Å²) in [5.41, 5.74) is 0.737. The zero-order valence-electron chi connectivity index (χ0n) is 5.90. The first kappa shape index (κ1) is 7.56. The Bertz CT molecular complexity index is 384. The van der Waals surface area contributed by atoms with Crippen molar-refractivity contribution in [2.24, 2.45) is 0 Å². The van der Waals surface area contributed by atoms with Gasteiger partial charge in [0.15, 0.2) is 0 Å². The minimum atomic E-state index is -0.553. The monoisotopic (exact) mass is 222 g/mol. The van der Waals surface area contributed by atoms with Crippen LogP contribution in [0.5, 0.6) is 0 Å². The first-order chi connectivity index (χ1) is 5.70. The number of esters is 2. The molecule has 1 aliphatic heterocycles. The van der Waals surface area contributed by atoms with E-state index in [4.69, 9.17) is 0 Å². The van der Waals surface area contributed by atoms with Crippen LogP contribution >= 0.6 is 0 Å². The van der Waals surface area contributed by atoms with Crippen molar-refractivity contribution >= 4 is 33.1 Å². The maximum absolute atomic E-state index is 11.0.